The second kappa shape index (κ2) is 5.72. The van der Waals surface area contributed by atoms with E-state index >= 15 is 0 Å². The minimum Gasteiger partial charge on any atom is -0.353 e. The summed E-state index contributed by atoms with van der Waals surface area (Å²) in [4.78, 5) is 8.51. The first-order chi connectivity index (χ1) is 11.9. The molecule has 25 heavy (non-hydrogen) atoms. The van der Waals surface area contributed by atoms with Crippen LogP contribution in [0.15, 0.2) is 36.5 Å². The van der Waals surface area contributed by atoms with Gasteiger partial charge in [-0.15, -0.1) is 0 Å². The van der Waals surface area contributed by atoms with Gasteiger partial charge in [0.05, 0.1) is 24.2 Å². The number of aromatic nitrogens is 3. The maximum atomic E-state index is 12.7. The van der Waals surface area contributed by atoms with Crippen LogP contribution < -0.4 is 9.91 Å². The molecule has 1 aliphatic rings. The number of nitrogens with one attached hydrogen (secondary N) is 1. The summed E-state index contributed by atoms with van der Waals surface area (Å²) >= 11 is 0. The summed E-state index contributed by atoms with van der Waals surface area (Å²) in [5, 5.41) is 5.10. The van der Waals surface area contributed by atoms with E-state index in [9.17, 15) is 13.2 Å². The Kier molecular flexibility index (Phi) is 3.63. The van der Waals surface area contributed by atoms with Gasteiger partial charge in [-0.05, 0) is 36.8 Å². The lowest BCUT2D eigenvalue weighted by atomic mass is 10.2. The average Bonchev–Trinajstić information content (AvgIpc) is 2.56. The van der Waals surface area contributed by atoms with E-state index in [1.807, 2.05) is 23.8 Å². The van der Waals surface area contributed by atoms with Crippen LogP contribution in [0, 0.1) is 6.92 Å². The van der Waals surface area contributed by atoms with Crippen LogP contribution in [0.5, 0.6) is 0 Å². The second-order valence-electron chi connectivity index (χ2n) is 6.24. The normalized spacial score (nSPS) is 16.0. The molecule has 1 aliphatic heterocycles. The van der Waals surface area contributed by atoms with Gasteiger partial charge in [0.1, 0.15) is 11.3 Å². The molecule has 0 saturated carbocycles. The SMILES string of the molecule is Cc1cccnc1N1CCN(n2[nH]c3cc(C(F)(F)F)ccc32)CC1. The highest BCUT2D eigenvalue weighted by Crippen LogP contribution is 2.31. The van der Waals surface area contributed by atoms with Gasteiger partial charge in [0, 0.05) is 19.3 Å². The van der Waals surface area contributed by atoms with Crippen molar-refractivity contribution in [2.45, 2.75) is 13.1 Å². The van der Waals surface area contributed by atoms with E-state index in [0.717, 1.165) is 55.2 Å². The summed E-state index contributed by atoms with van der Waals surface area (Å²) in [5.41, 5.74) is 1.80. The first-order valence-electron chi connectivity index (χ1n) is 8.13. The number of piperazine rings is 1. The summed E-state index contributed by atoms with van der Waals surface area (Å²) < 4.78 is 38.2. The van der Waals surface area contributed by atoms with Crippen molar-refractivity contribution in [3.05, 3.63) is 47.7 Å². The number of pyridine rings is 1. The molecule has 0 radical (unpaired) electrons. The van der Waals surface area contributed by atoms with Crippen molar-refractivity contribution in [1.29, 1.82) is 0 Å². The third-order valence-corrected chi connectivity index (χ3v) is 4.60. The molecule has 5 nitrogen and oxygen atoms in total. The van der Waals surface area contributed by atoms with E-state index in [4.69, 9.17) is 0 Å². The molecule has 4 rings (SSSR count). The Bertz CT molecular complexity index is 887. The summed E-state index contributed by atoms with van der Waals surface area (Å²) in [6, 6.07) is 7.76. The van der Waals surface area contributed by atoms with Crippen LogP contribution in [0.2, 0.25) is 0 Å². The predicted molar refractivity (Wildman–Crippen MR) is 90.4 cm³/mol. The number of nitrogens with zero attached hydrogens (tertiary/aromatic N) is 4. The topological polar surface area (TPSA) is 40.1 Å². The van der Waals surface area contributed by atoms with Crippen LogP contribution in [0.25, 0.3) is 11.0 Å². The number of anilines is 1. The minimum absolute atomic E-state index is 0.512. The summed E-state index contributed by atoms with van der Waals surface area (Å²) in [5.74, 6) is 0.994. The highest BCUT2D eigenvalue weighted by atomic mass is 19.4. The Morgan fingerprint density at radius 3 is 2.48 bits per heavy atom. The molecule has 132 valence electrons. The number of benzene rings is 1. The lowest BCUT2D eigenvalue weighted by Crippen LogP contribution is -2.53. The fraction of sp³-hybridized carbons (Fsp3) is 0.353. The van der Waals surface area contributed by atoms with E-state index in [1.54, 1.807) is 6.20 Å². The lowest BCUT2D eigenvalue weighted by molar-refractivity contribution is -0.137. The highest BCUT2D eigenvalue weighted by molar-refractivity contribution is 5.78. The number of fused-ring (bicyclic) bond motifs is 1. The van der Waals surface area contributed by atoms with Crippen LogP contribution in [-0.4, -0.2) is 41.1 Å². The van der Waals surface area contributed by atoms with Crippen LogP contribution in [0.3, 0.4) is 0 Å². The van der Waals surface area contributed by atoms with Crippen molar-refractivity contribution in [3.63, 3.8) is 0 Å². The van der Waals surface area contributed by atoms with Gasteiger partial charge in [-0.1, -0.05) is 6.07 Å². The van der Waals surface area contributed by atoms with E-state index in [0.29, 0.717) is 5.52 Å². The zero-order valence-electron chi connectivity index (χ0n) is 13.7. The molecule has 3 aromatic rings. The number of aromatic amines is 1. The molecule has 1 saturated heterocycles. The van der Waals surface area contributed by atoms with Crippen molar-refractivity contribution < 1.29 is 13.2 Å². The van der Waals surface area contributed by atoms with Gasteiger partial charge in [0.2, 0.25) is 0 Å². The van der Waals surface area contributed by atoms with Crippen LogP contribution in [-0.2, 0) is 6.18 Å². The van der Waals surface area contributed by atoms with E-state index in [2.05, 4.69) is 20.0 Å². The fourth-order valence-corrected chi connectivity index (χ4v) is 3.25. The van der Waals surface area contributed by atoms with E-state index in [1.165, 1.54) is 6.07 Å². The first-order valence-corrected chi connectivity index (χ1v) is 8.13. The van der Waals surface area contributed by atoms with Crippen molar-refractivity contribution in [2.24, 2.45) is 0 Å². The quantitative estimate of drug-likeness (QED) is 0.773. The summed E-state index contributed by atoms with van der Waals surface area (Å²) in [7, 11) is 0. The summed E-state index contributed by atoms with van der Waals surface area (Å²) in [6.07, 6.45) is -2.52. The Balaban J connectivity index is 1.48. The monoisotopic (exact) mass is 349 g/mol. The number of hydrogen-bond donors (Lipinski definition) is 1. The van der Waals surface area contributed by atoms with Crippen molar-refractivity contribution >= 4 is 16.9 Å². The number of halogens is 3. The lowest BCUT2D eigenvalue weighted by Gasteiger charge is -2.39. The number of H-pyrrole nitrogens is 1. The molecule has 0 spiro atoms. The molecule has 0 atom stereocenters. The summed E-state index contributed by atoms with van der Waals surface area (Å²) in [6.45, 7) is 5.20. The molecule has 0 bridgehead atoms. The molecule has 0 amide bonds. The number of rotatable bonds is 2. The average molecular weight is 349 g/mol. The maximum Gasteiger partial charge on any atom is 0.416 e. The van der Waals surface area contributed by atoms with Gasteiger partial charge < -0.3 is 4.90 Å². The smallest absolute Gasteiger partial charge is 0.353 e. The standard InChI is InChI=1S/C17H18F3N5/c1-12-3-2-6-21-16(12)23-7-9-24(10-8-23)25-15-5-4-13(17(18,19)20)11-14(15)22-25/h2-6,11,22H,7-10H2,1H3. The van der Waals surface area contributed by atoms with Crippen molar-refractivity contribution in [1.82, 2.24) is 14.9 Å². The van der Waals surface area contributed by atoms with Crippen LogP contribution in [0.1, 0.15) is 11.1 Å². The van der Waals surface area contributed by atoms with Crippen LogP contribution in [0.4, 0.5) is 19.0 Å². The number of aryl methyl sites for hydroxylation is 1. The Labute approximate surface area is 142 Å². The first kappa shape index (κ1) is 15.9. The minimum atomic E-state index is -4.32. The Morgan fingerprint density at radius 1 is 1.08 bits per heavy atom. The Morgan fingerprint density at radius 2 is 1.84 bits per heavy atom. The number of alkyl halides is 3. The Hall–Kier alpha value is -2.64. The largest absolute Gasteiger partial charge is 0.416 e. The fourth-order valence-electron chi connectivity index (χ4n) is 3.25. The number of hydrogen-bond acceptors (Lipinski definition) is 3. The van der Waals surface area contributed by atoms with Gasteiger partial charge in [-0.25, -0.2) is 4.98 Å². The third kappa shape index (κ3) is 2.81. The molecular formula is C17H18F3N5. The van der Waals surface area contributed by atoms with Crippen LogP contribution >= 0.6 is 0 Å². The molecular weight excluding hydrogens is 331 g/mol. The zero-order chi connectivity index (χ0) is 17.6. The molecule has 8 heteroatoms. The van der Waals surface area contributed by atoms with Gasteiger partial charge in [0.15, 0.2) is 0 Å². The molecule has 2 aromatic heterocycles. The van der Waals surface area contributed by atoms with Gasteiger partial charge in [-0.2, -0.15) is 18.0 Å². The molecule has 1 fully saturated rings. The predicted octanol–water partition coefficient (Wildman–Crippen LogP) is 3.15. The van der Waals surface area contributed by atoms with Gasteiger partial charge in [0.25, 0.3) is 0 Å². The van der Waals surface area contributed by atoms with E-state index in [-0.39, 0.29) is 0 Å². The molecule has 1 aromatic carbocycles. The molecule has 3 heterocycles. The van der Waals surface area contributed by atoms with Crippen molar-refractivity contribution in [3.8, 4) is 0 Å². The molecule has 0 unspecified atom stereocenters. The molecule has 0 aliphatic carbocycles. The van der Waals surface area contributed by atoms with Gasteiger partial charge >= 0.3 is 6.18 Å². The van der Waals surface area contributed by atoms with Gasteiger partial charge in [-0.3, -0.25) is 10.1 Å². The molecule has 1 N–H and O–H groups in total. The van der Waals surface area contributed by atoms with Crippen molar-refractivity contribution in [2.75, 3.05) is 36.1 Å². The zero-order valence-corrected chi connectivity index (χ0v) is 13.7. The second-order valence-corrected chi connectivity index (χ2v) is 6.24. The van der Waals surface area contributed by atoms with E-state index < -0.39 is 11.7 Å². The maximum absolute atomic E-state index is 12.7. The highest BCUT2D eigenvalue weighted by Gasteiger charge is 2.31. The third-order valence-electron chi connectivity index (χ3n) is 4.60.